The van der Waals surface area contributed by atoms with Gasteiger partial charge in [-0.25, -0.2) is 0 Å². The van der Waals surface area contributed by atoms with Crippen LogP contribution < -0.4 is 0 Å². The van der Waals surface area contributed by atoms with E-state index in [1.807, 2.05) is 6.08 Å². The first kappa shape index (κ1) is 7.78. The predicted octanol–water partition coefficient (Wildman–Crippen LogP) is 2.57. The van der Waals surface area contributed by atoms with Crippen LogP contribution >= 0.6 is 0 Å². The number of allylic oxidation sites excluding steroid dienone is 2. The van der Waals surface area contributed by atoms with Crippen LogP contribution in [0, 0.1) is 23.2 Å². The highest BCUT2D eigenvalue weighted by atomic mass is 16.1. The molecule has 0 aromatic heterocycles. The van der Waals surface area contributed by atoms with Gasteiger partial charge in [-0.1, -0.05) is 13.0 Å². The van der Waals surface area contributed by atoms with Crippen molar-refractivity contribution in [1.29, 1.82) is 0 Å². The Morgan fingerprint density at radius 1 is 1.38 bits per heavy atom. The molecule has 0 bridgehead atoms. The first-order chi connectivity index (χ1) is 6.25. The summed E-state index contributed by atoms with van der Waals surface area (Å²) in [5.41, 5.74) is 0.0966. The third-order valence-corrected chi connectivity index (χ3v) is 4.75. The summed E-state index contributed by atoms with van der Waals surface area (Å²) in [5, 5.41) is 0. The van der Waals surface area contributed by atoms with E-state index < -0.39 is 0 Å². The van der Waals surface area contributed by atoms with Gasteiger partial charge in [-0.2, -0.15) is 0 Å². The van der Waals surface area contributed by atoms with E-state index in [9.17, 15) is 4.79 Å². The van der Waals surface area contributed by atoms with Crippen LogP contribution in [0.15, 0.2) is 12.2 Å². The molecule has 3 aliphatic carbocycles. The fourth-order valence-electron chi connectivity index (χ4n) is 4.10. The van der Waals surface area contributed by atoms with Gasteiger partial charge in [-0.15, -0.1) is 0 Å². The Morgan fingerprint density at radius 3 is 3.08 bits per heavy atom. The van der Waals surface area contributed by atoms with E-state index in [4.69, 9.17) is 0 Å². The van der Waals surface area contributed by atoms with Crippen molar-refractivity contribution in [3.05, 3.63) is 12.2 Å². The molecule has 0 radical (unpaired) electrons. The summed E-state index contributed by atoms with van der Waals surface area (Å²) >= 11 is 0. The lowest BCUT2D eigenvalue weighted by Crippen LogP contribution is -2.32. The number of ketones is 1. The smallest absolute Gasteiger partial charge is 0.162 e. The summed E-state index contributed by atoms with van der Waals surface area (Å²) in [6, 6.07) is 0. The molecule has 70 valence electrons. The van der Waals surface area contributed by atoms with Crippen LogP contribution in [-0.4, -0.2) is 5.78 Å². The Bertz CT molecular complexity index is 291. The minimum atomic E-state index is 0.0966. The summed E-state index contributed by atoms with van der Waals surface area (Å²) in [7, 11) is 0. The van der Waals surface area contributed by atoms with Gasteiger partial charge in [-0.05, 0) is 49.5 Å². The average Bonchev–Trinajstić information content (AvgIpc) is 2.69. The second kappa shape index (κ2) is 2.26. The average molecular weight is 176 g/mol. The molecule has 0 aromatic carbocycles. The maximum absolute atomic E-state index is 11.9. The molecule has 0 aliphatic heterocycles. The van der Waals surface area contributed by atoms with Crippen molar-refractivity contribution in [1.82, 2.24) is 0 Å². The third-order valence-electron chi connectivity index (χ3n) is 4.75. The monoisotopic (exact) mass is 176 g/mol. The molecule has 0 aromatic rings. The molecule has 2 saturated carbocycles. The zero-order chi connectivity index (χ0) is 9.05. The quantitative estimate of drug-likeness (QED) is 0.554. The van der Waals surface area contributed by atoms with E-state index in [0.29, 0.717) is 17.6 Å². The van der Waals surface area contributed by atoms with Crippen LogP contribution in [0.2, 0.25) is 0 Å². The van der Waals surface area contributed by atoms with Gasteiger partial charge in [0.15, 0.2) is 5.78 Å². The van der Waals surface area contributed by atoms with Crippen molar-refractivity contribution >= 4 is 5.78 Å². The van der Waals surface area contributed by atoms with Crippen molar-refractivity contribution in [2.24, 2.45) is 23.2 Å². The van der Waals surface area contributed by atoms with E-state index >= 15 is 0 Å². The van der Waals surface area contributed by atoms with Crippen LogP contribution in [0.5, 0.6) is 0 Å². The van der Waals surface area contributed by atoms with Crippen molar-refractivity contribution in [3.8, 4) is 0 Å². The molecule has 0 heterocycles. The fraction of sp³-hybridized carbons (Fsp3) is 0.750. The van der Waals surface area contributed by atoms with Crippen molar-refractivity contribution in [2.75, 3.05) is 0 Å². The number of carbonyl (C=O) groups is 1. The molecule has 1 nitrogen and oxygen atoms in total. The van der Waals surface area contributed by atoms with E-state index in [0.717, 1.165) is 12.3 Å². The number of hydrogen-bond donors (Lipinski definition) is 0. The van der Waals surface area contributed by atoms with Crippen LogP contribution in [0.4, 0.5) is 0 Å². The van der Waals surface area contributed by atoms with E-state index in [2.05, 4.69) is 13.0 Å². The highest BCUT2D eigenvalue weighted by molar-refractivity contribution is 5.98. The normalized spacial score (nSPS) is 52.7. The lowest BCUT2D eigenvalue weighted by molar-refractivity contribution is -0.125. The minimum absolute atomic E-state index is 0.0966. The Balaban J connectivity index is 2.07. The summed E-state index contributed by atoms with van der Waals surface area (Å²) in [6.07, 6.45) is 9.03. The lowest BCUT2D eigenvalue weighted by Gasteiger charge is -2.28. The summed E-state index contributed by atoms with van der Waals surface area (Å²) in [4.78, 5) is 11.9. The van der Waals surface area contributed by atoms with E-state index in [-0.39, 0.29) is 5.41 Å². The molecular formula is C12H16O. The third kappa shape index (κ3) is 0.722. The second-order valence-corrected chi connectivity index (χ2v) is 5.07. The molecule has 0 saturated heterocycles. The Kier molecular flexibility index (Phi) is 1.35. The molecule has 0 amide bonds. The summed E-state index contributed by atoms with van der Waals surface area (Å²) in [5.74, 6) is 2.55. The van der Waals surface area contributed by atoms with Crippen LogP contribution in [0.3, 0.4) is 0 Å². The largest absolute Gasteiger partial charge is 0.294 e. The molecule has 3 aliphatic rings. The Labute approximate surface area is 79.2 Å². The zero-order valence-electron chi connectivity index (χ0n) is 8.12. The van der Waals surface area contributed by atoms with Crippen molar-refractivity contribution < 1.29 is 4.79 Å². The highest BCUT2D eigenvalue weighted by Crippen LogP contribution is 2.62. The molecule has 2 fully saturated rings. The topological polar surface area (TPSA) is 17.1 Å². The molecule has 0 N–H and O–H groups in total. The molecular weight excluding hydrogens is 160 g/mol. The Morgan fingerprint density at radius 2 is 2.23 bits per heavy atom. The first-order valence-corrected chi connectivity index (χ1v) is 5.48. The minimum Gasteiger partial charge on any atom is -0.294 e. The number of carbonyl (C=O) groups excluding carboxylic acids is 1. The summed E-state index contributed by atoms with van der Waals surface area (Å²) in [6.45, 7) is 2.33. The van der Waals surface area contributed by atoms with Crippen LogP contribution in [0.1, 0.15) is 32.6 Å². The van der Waals surface area contributed by atoms with Gasteiger partial charge in [0.2, 0.25) is 0 Å². The van der Waals surface area contributed by atoms with Gasteiger partial charge in [0.1, 0.15) is 0 Å². The van der Waals surface area contributed by atoms with Crippen molar-refractivity contribution in [2.45, 2.75) is 32.6 Å². The van der Waals surface area contributed by atoms with Crippen LogP contribution in [0.25, 0.3) is 0 Å². The van der Waals surface area contributed by atoms with E-state index in [1.165, 1.54) is 19.3 Å². The highest BCUT2D eigenvalue weighted by Gasteiger charge is 2.59. The van der Waals surface area contributed by atoms with Crippen molar-refractivity contribution in [3.63, 3.8) is 0 Å². The maximum Gasteiger partial charge on any atom is 0.162 e. The zero-order valence-corrected chi connectivity index (χ0v) is 8.12. The summed E-state index contributed by atoms with van der Waals surface area (Å²) < 4.78 is 0. The van der Waals surface area contributed by atoms with Gasteiger partial charge in [0.25, 0.3) is 0 Å². The lowest BCUT2D eigenvalue weighted by atomic mass is 9.73. The number of hydrogen-bond acceptors (Lipinski definition) is 1. The molecule has 0 unspecified atom stereocenters. The maximum atomic E-state index is 11.9. The van der Waals surface area contributed by atoms with Gasteiger partial charge in [0.05, 0.1) is 0 Å². The van der Waals surface area contributed by atoms with Gasteiger partial charge >= 0.3 is 0 Å². The second-order valence-electron chi connectivity index (χ2n) is 5.07. The molecule has 4 atom stereocenters. The van der Waals surface area contributed by atoms with Crippen LogP contribution in [-0.2, 0) is 4.79 Å². The van der Waals surface area contributed by atoms with E-state index in [1.54, 1.807) is 0 Å². The molecule has 3 rings (SSSR count). The number of rotatable bonds is 0. The fourth-order valence-corrected chi connectivity index (χ4v) is 4.10. The standard InChI is InChI=1S/C12H16O/c1-8-6-7-12-9(2-4-10(8)12)3-5-11(12)13/h3,5,8-10H,2,4,6-7H2,1H3/t8-,9-,10-,12+/m0/s1. The Hall–Kier alpha value is -0.590. The first-order valence-electron chi connectivity index (χ1n) is 5.48. The van der Waals surface area contributed by atoms with Gasteiger partial charge in [0, 0.05) is 5.41 Å². The SMILES string of the molecule is C[C@H]1CC[C@@]23C(=O)C=C[C@@H]2CC[C@@H]13. The molecule has 13 heavy (non-hydrogen) atoms. The van der Waals surface area contributed by atoms with Gasteiger partial charge < -0.3 is 0 Å². The predicted molar refractivity (Wildman–Crippen MR) is 51.2 cm³/mol. The molecule has 1 spiro atoms. The molecule has 1 heteroatoms. The van der Waals surface area contributed by atoms with Gasteiger partial charge in [-0.3, -0.25) is 4.79 Å².